The minimum absolute atomic E-state index is 0.284. The smallest absolute Gasteiger partial charge is 0.325 e. The van der Waals surface area contributed by atoms with E-state index in [0.29, 0.717) is 11.3 Å². The number of alkyl halides is 3. The third-order valence-corrected chi connectivity index (χ3v) is 8.06. The number of carbonyl (C=O) groups excluding carboxylic acids is 1. The molecule has 0 radical (unpaired) electrons. The highest BCUT2D eigenvalue weighted by Crippen LogP contribution is 2.43. The zero-order valence-corrected chi connectivity index (χ0v) is 20.7. The number of benzene rings is 3. The molecule has 2 nitrogen and oxygen atoms in total. The van der Waals surface area contributed by atoms with Crippen molar-refractivity contribution >= 4 is 40.8 Å². The van der Waals surface area contributed by atoms with Crippen molar-refractivity contribution in [2.75, 3.05) is 5.32 Å². The minimum Gasteiger partial charge on any atom is -0.325 e. The average Bonchev–Trinajstić information content (AvgIpc) is 2.72. The summed E-state index contributed by atoms with van der Waals surface area (Å²) in [6.45, 7) is 6.51. The van der Waals surface area contributed by atoms with E-state index in [-0.39, 0.29) is 5.56 Å². The van der Waals surface area contributed by atoms with E-state index in [0.717, 1.165) is 9.66 Å². The van der Waals surface area contributed by atoms with Crippen molar-refractivity contribution in [2.45, 2.75) is 37.7 Å². The molecule has 1 atom stereocenters. The van der Waals surface area contributed by atoms with Crippen LogP contribution < -0.4 is 10.5 Å². The van der Waals surface area contributed by atoms with Gasteiger partial charge in [0.15, 0.2) is 0 Å². The third kappa shape index (κ3) is 5.50. The van der Waals surface area contributed by atoms with Crippen LogP contribution in [0, 0.1) is 0 Å². The van der Waals surface area contributed by atoms with Crippen molar-refractivity contribution in [3.05, 3.63) is 94.5 Å². The lowest BCUT2D eigenvalue weighted by atomic mass is 9.71. The first-order valence-electron chi connectivity index (χ1n) is 10.2. The first-order valence-corrected chi connectivity index (χ1v) is 14.5. The highest BCUT2D eigenvalue weighted by molar-refractivity contribution is 9.10. The summed E-state index contributed by atoms with van der Waals surface area (Å²) in [4.78, 5) is 13.7. The van der Waals surface area contributed by atoms with E-state index in [1.807, 2.05) is 12.1 Å². The molecule has 0 aliphatic carbocycles. The van der Waals surface area contributed by atoms with E-state index >= 15 is 0 Å². The molecule has 32 heavy (non-hydrogen) atoms. The van der Waals surface area contributed by atoms with Crippen molar-refractivity contribution in [3.8, 4) is 0 Å². The molecular weight excluding hydrogens is 495 g/mol. The molecule has 0 aliphatic heterocycles. The summed E-state index contributed by atoms with van der Waals surface area (Å²) >= 11 is 3.33. The highest BCUT2D eigenvalue weighted by Gasteiger charge is 2.50. The van der Waals surface area contributed by atoms with Crippen LogP contribution in [-0.2, 0) is 10.2 Å². The monoisotopic (exact) mass is 519 g/mol. The fourth-order valence-corrected chi connectivity index (χ4v) is 5.19. The van der Waals surface area contributed by atoms with Crippen molar-refractivity contribution < 1.29 is 18.0 Å². The van der Waals surface area contributed by atoms with Gasteiger partial charge in [0.1, 0.15) is 5.41 Å². The van der Waals surface area contributed by atoms with Crippen LogP contribution in [0.1, 0.15) is 17.5 Å². The van der Waals surface area contributed by atoms with Crippen LogP contribution in [0.4, 0.5) is 18.9 Å². The lowest BCUT2D eigenvalue weighted by Gasteiger charge is -2.35. The van der Waals surface area contributed by atoms with Crippen LogP contribution >= 0.6 is 15.9 Å². The molecule has 0 unspecified atom stereocenters. The summed E-state index contributed by atoms with van der Waals surface area (Å²) in [5.74, 6) is -0.718. The van der Waals surface area contributed by atoms with Crippen LogP contribution in [-0.4, -0.2) is 20.2 Å². The zero-order chi connectivity index (χ0) is 23.6. The average molecular weight is 520 g/mol. The maximum absolute atomic E-state index is 14.0. The Morgan fingerprint density at radius 1 is 0.844 bits per heavy atom. The molecule has 0 fully saturated rings. The number of nitrogens with one attached hydrogen (secondary N) is 1. The second-order valence-electron chi connectivity index (χ2n) is 8.85. The first kappa shape index (κ1) is 24.3. The molecule has 3 rings (SSSR count). The molecule has 0 aromatic heterocycles. The number of rotatable bonds is 6. The van der Waals surface area contributed by atoms with Gasteiger partial charge in [-0.25, -0.2) is 0 Å². The van der Waals surface area contributed by atoms with E-state index < -0.39 is 32.0 Å². The van der Waals surface area contributed by atoms with Gasteiger partial charge >= 0.3 is 6.18 Å². The molecule has 0 saturated heterocycles. The van der Waals surface area contributed by atoms with Gasteiger partial charge in [0.05, 0.1) is 14.5 Å². The number of hydrogen-bond acceptors (Lipinski definition) is 1. The van der Waals surface area contributed by atoms with Crippen LogP contribution in [0.5, 0.6) is 0 Å². The Morgan fingerprint density at radius 2 is 1.34 bits per heavy atom. The van der Waals surface area contributed by atoms with Gasteiger partial charge in [0.25, 0.3) is 0 Å². The summed E-state index contributed by atoms with van der Waals surface area (Å²) < 4.78 is 42.7. The Bertz CT molecular complexity index is 1060. The SMILES string of the molecule is C[Si](C)(C)c1ccc([C@@](CC(F)(F)F)(C(=O)Nc2ccccc2)c2ccc(Br)cc2)cc1. The van der Waals surface area contributed by atoms with Gasteiger partial charge < -0.3 is 5.32 Å². The van der Waals surface area contributed by atoms with Gasteiger partial charge in [-0.2, -0.15) is 13.2 Å². The minimum atomic E-state index is -4.57. The second-order valence-corrected chi connectivity index (χ2v) is 14.8. The highest BCUT2D eigenvalue weighted by atomic mass is 79.9. The first-order chi connectivity index (χ1) is 14.9. The summed E-state index contributed by atoms with van der Waals surface area (Å²) in [5, 5.41) is 3.83. The molecule has 1 amide bonds. The molecule has 3 aromatic rings. The second kappa shape index (κ2) is 9.23. The Labute approximate surface area is 196 Å². The van der Waals surface area contributed by atoms with Crippen molar-refractivity contribution in [1.82, 2.24) is 0 Å². The topological polar surface area (TPSA) is 29.1 Å². The van der Waals surface area contributed by atoms with E-state index in [4.69, 9.17) is 0 Å². The maximum atomic E-state index is 14.0. The zero-order valence-electron chi connectivity index (χ0n) is 18.1. The maximum Gasteiger partial charge on any atom is 0.390 e. The van der Waals surface area contributed by atoms with Crippen LogP contribution in [0.25, 0.3) is 0 Å². The molecule has 0 saturated carbocycles. The number of para-hydroxylation sites is 1. The lowest BCUT2D eigenvalue weighted by molar-refractivity contribution is -0.153. The van der Waals surface area contributed by atoms with Gasteiger partial charge in [0, 0.05) is 10.2 Å². The van der Waals surface area contributed by atoms with Crippen molar-refractivity contribution in [3.63, 3.8) is 0 Å². The summed E-state index contributed by atoms with van der Waals surface area (Å²) in [7, 11) is -1.67. The Hall–Kier alpha value is -2.38. The van der Waals surface area contributed by atoms with Gasteiger partial charge in [0.2, 0.25) is 5.91 Å². The van der Waals surface area contributed by atoms with Crippen LogP contribution in [0.3, 0.4) is 0 Å². The van der Waals surface area contributed by atoms with Gasteiger partial charge in [-0.05, 0) is 35.4 Å². The Balaban J connectivity index is 2.22. The standard InChI is InChI=1S/C25H25BrF3NOSi/c1-32(2,3)22-15-11-19(12-16-22)24(17-25(27,28)29,18-9-13-20(26)14-10-18)23(31)30-21-7-5-4-6-8-21/h4-16H,17H2,1-3H3,(H,30,31)/t24-/m0/s1. The summed E-state index contributed by atoms with van der Waals surface area (Å²) in [6, 6.07) is 22.1. The van der Waals surface area contributed by atoms with Crippen LogP contribution in [0.2, 0.25) is 19.6 Å². The molecule has 7 heteroatoms. The van der Waals surface area contributed by atoms with E-state index in [1.54, 1.807) is 66.7 Å². The van der Waals surface area contributed by atoms with Gasteiger partial charge in [-0.3, -0.25) is 4.79 Å². The Morgan fingerprint density at radius 3 is 1.81 bits per heavy atom. The summed E-state index contributed by atoms with van der Waals surface area (Å²) in [6.07, 6.45) is -5.88. The largest absolute Gasteiger partial charge is 0.390 e. The quantitative estimate of drug-likeness (QED) is 0.353. The van der Waals surface area contributed by atoms with Crippen molar-refractivity contribution in [1.29, 1.82) is 0 Å². The molecule has 1 N–H and O–H groups in total. The number of halogens is 4. The normalized spacial score (nSPS) is 14.0. The van der Waals surface area contributed by atoms with Gasteiger partial charge in [-0.15, -0.1) is 0 Å². The number of hydrogen-bond donors (Lipinski definition) is 1. The molecule has 0 bridgehead atoms. The molecule has 0 aliphatic rings. The van der Waals surface area contributed by atoms with E-state index in [2.05, 4.69) is 40.9 Å². The number of amides is 1. The van der Waals surface area contributed by atoms with Crippen molar-refractivity contribution in [2.24, 2.45) is 0 Å². The molecule has 0 heterocycles. The third-order valence-electron chi connectivity index (χ3n) is 5.47. The van der Waals surface area contributed by atoms with E-state index in [1.165, 1.54) is 0 Å². The predicted octanol–water partition coefficient (Wildman–Crippen LogP) is 6.87. The molecule has 168 valence electrons. The number of anilines is 1. The summed E-state index contributed by atoms with van der Waals surface area (Å²) in [5.41, 5.74) is -0.896. The van der Waals surface area contributed by atoms with E-state index in [9.17, 15) is 18.0 Å². The lowest BCUT2D eigenvalue weighted by Crippen LogP contribution is -2.45. The van der Waals surface area contributed by atoms with Gasteiger partial charge in [-0.1, -0.05) is 95.4 Å². The molecule has 3 aromatic carbocycles. The predicted molar refractivity (Wildman–Crippen MR) is 130 cm³/mol. The molecular formula is C25H25BrF3NOSi. The fourth-order valence-electron chi connectivity index (χ4n) is 3.76. The number of carbonyl (C=O) groups is 1. The fraction of sp³-hybridized carbons (Fsp3) is 0.240. The molecule has 0 spiro atoms. The van der Waals surface area contributed by atoms with Crippen LogP contribution in [0.15, 0.2) is 83.3 Å². The Kier molecular flexibility index (Phi) is 7.00.